The number of nitrogens with zero attached hydrogens (tertiary/aromatic N) is 4. The molecular formula is C13H10ClFN4S. The van der Waals surface area contributed by atoms with E-state index < -0.39 is 5.95 Å². The van der Waals surface area contributed by atoms with Crippen LogP contribution in [-0.4, -0.2) is 19.2 Å². The second-order valence-corrected chi connectivity index (χ2v) is 5.27. The van der Waals surface area contributed by atoms with Gasteiger partial charge in [0.25, 0.3) is 0 Å². The van der Waals surface area contributed by atoms with Crippen LogP contribution in [0, 0.1) is 24.4 Å². The molecular weight excluding hydrogens is 299 g/mol. The maximum atomic E-state index is 13.9. The SMILES string of the molecule is Cc1nc2n(-c3ccc(Cl)c(C)c3)c(=S)cc(F)n2n1. The third-order valence-corrected chi connectivity index (χ3v) is 3.69. The van der Waals surface area contributed by atoms with Gasteiger partial charge in [0.1, 0.15) is 10.5 Å². The zero-order chi connectivity index (χ0) is 14.4. The topological polar surface area (TPSA) is 35.1 Å². The number of halogens is 2. The van der Waals surface area contributed by atoms with Gasteiger partial charge in [-0.15, -0.1) is 5.10 Å². The summed E-state index contributed by atoms with van der Waals surface area (Å²) in [6.45, 7) is 3.60. The third-order valence-electron chi connectivity index (χ3n) is 2.96. The van der Waals surface area contributed by atoms with Gasteiger partial charge in [0.2, 0.25) is 11.7 Å². The first-order valence-corrected chi connectivity index (χ1v) is 6.67. The number of aryl methyl sites for hydroxylation is 2. The van der Waals surface area contributed by atoms with Gasteiger partial charge in [-0.05, 0) is 37.6 Å². The molecule has 0 fully saturated rings. The molecule has 20 heavy (non-hydrogen) atoms. The van der Waals surface area contributed by atoms with Gasteiger partial charge in [0, 0.05) is 11.1 Å². The lowest BCUT2D eigenvalue weighted by molar-refractivity contribution is 0.535. The van der Waals surface area contributed by atoms with E-state index in [0.29, 0.717) is 21.3 Å². The second-order valence-electron chi connectivity index (χ2n) is 4.45. The van der Waals surface area contributed by atoms with Gasteiger partial charge in [-0.2, -0.15) is 13.9 Å². The van der Waals surface area contributed by atoms with Crippen LogP contribution in [0.1, 0.15) is 11.4 Å². The van der Waals surface area contributed by atoms with Crippen LogP contribution in [0.2, 0.25) is 5.02 Å². The van der Waals surface area contributed by atoms with Crippen LogP contribution in [0.4, 0.5) is 4.39 Å². The van der Waals surface area contributed by atoms with Crippen molar-refractivity contribution >= 4 is 29.6 Å². The number of benzene rings is 1. The monoisotopic (exact) mass is 308 g/mol. The average molecular weight is 309 g/mol. The van der Waals surface area contributed by atoms with E-state index in [1.54, 1.807) is 17.6 Å². The Balaban J connectivity index is 2.40. The highest BCUT2D eigenvalue weighted by molar-refractivity contribution is 7.71. The van der Waals surface area contributed by atoms with Crippen molar-refractivity contribution in [3.05, 3.63) is 51.3 Å². The van der Waals surface area contributed by atoms with Crippen molar-refractivity contribution in [2.24, 2.45) is 0 Å². The summed E-state index contributed by atoms with van der Waals surface area (Å²) < 4.78 is 17.0. The van der Waals surface area contributed by atoms with Crippen molar-refractivity contribution < 1.29 is 4.39 Å². The Morgan fingerprint density at radius 1 is 1.25 bits per heavy atom. The van der Waals surface area contributed by atoms with Crippen LogP contribution in [0.15, 0.2) is 24.3 Å². The third kappa shape index (κ3) is 2.01. The number of hydrogen-bond donors (Lipinski definition) is 0. The molecule has 0 saturated carbocycles. The molecule has 1 aromatic carbocycles. The van der Waals surface area contributed by atoms with E-state index in [4.69, 9.17) is 23.8 Å². The van der Waals surface area contributed by atoms with Gasteiger partial charge in [0.15, 0.2) is 0 Å². The van der Waals surface area contributed by atoms with E-state index in [9.17, 15) is 4.39 Å². The summed E-state index contributed by atoms with van der Waals surface area (Å²) in [5.74, 6) is 0.283. The number of rotatable bonds is 1. The van der Waals surface area contributed by atoms with Crippen molar-refractivity contribution in [2.45, 2.75) is 13.8 Å². The Kier molecular flexibility index (Phi) is 3.07. The molecule has 0 aliphatic carbocycles. The van der Waals surface area contributed by atoms with E-state index in [1.165, 1.54) is 6.07 Å². The first-order chi connectivity index (χ1) is 9.47. The summed E-state index contributed by atoms with van der Waals surface area (Å²) in [7, 11) is 0. The molecule has 0 spiro atoms. The lowest BCUT2D eigenvalue weighted by atomic mass is 10.2. The van der Waals surface area contributed by atoms with Gasteiger partial charge in [-0.3, -0.25) is 4.57 Å². The van der Waals surface area contributed by atoms with Gasteiger partial charge in [0.05, 0.1) is 5.69 Å². The Morgan fingerprint density at radius 3 is 2.70 bits per heavy atom. The summed E-state index contributed by atoms with van der Waals surface area (Å²) in [5.41, 5.74) is 1.68. The Bertz CT molecular complexity index is 884. The zero-order valence-electron chi connectivity index (χ0n) is 10.8. The standard InChI is InChI=1S/C13H10ClFN4S/c1-7-5-9(3-4-10(7)14)18-12(20)6-11(15)19-13(18)16-8(2)17-19/h3-6H,1-2H3. The maximum absolute atomic E-state index is 13.9. The molecule has 0 saturated heterocycles. The first-order valence-electron chi connectivity index (χ1n) is 5.89. The Labute approximate surface area is 124 Å². The smallest absolute Gasteiger partial charge is 0.240 e. The molecule has 0 unspecified atom stereocenters. The lowest BCUT2D eigenvalue weighted by Crippen LogP contribution is -2.07. The van der Waals surface area contributed by atoms with Crippen LogP contribution in [0.3, 0.4) is 0 Å². The van der Waals surface area contributed by atoms with Crippen molar-refractivity contribution in [2.75, 3.05) is 0 Å². The molecule has 0 atom stereocenters. The fourth-order valence-corrected chi connectivity index (χ4v) is 2.43. The summed E-state index contributed by atoms with van der Waals surface area (Å²) in [6.07, 6.45) is 0. The van der Waals surface area contributed by atoms with E-state index in [0.717, 1.165) is 15.8 Å². The fraction of sp³-hybridized carbons (Fsp3) is 0.154. The van der Waals surface area contributed by atoms with E-state index in [2.05, 4.69) is 10.1 Å². The second kappa shape index (κ2) is 4.64. The molecule has 3 aromatic rings. The fourth-order valence-electron chi connectivity index (χ4n) is 2.03. The molecule has 0 N–H and O–H groups in total. The molecule has 7 heteroatoms. The lowest BCUT2D eigenvalue weighted by Gasteiger charge is -2.10. The number of hydrogen-bond acceptors (Lipinski definition) is 3. The van der Waals surface area contributed by atoms with Gasteiger partial charge in [-0.1, -0.05) is 23.8 Å². The number of aromatic nitrogens is 4. The number of fused-ring (bicyclic) bond motifs is 1. The van der Waals surface area contributed by atoms with Gasteiger partial charge < -0.3 is 0 Å². The molecule has 102 valence electrons. The van der Waals surface area contributed by atoms with Crippen molar-refractivity contribution in [1.29, 1.82) is 0 Å². The zero-order valence-corrected chi connectivity index (χ0v) is 12.3. The van der Waals surface area contributed by atoms with E-state index >= 15 is 0 Å². The molecule has 0 amide bonds. The molecule has 0 aliphatic heterocycles. The normalized spacial score (nSPS) is 11.2. The van der Waals surface area contributed by atoms with Crippen molar-refractivity contribution in [1.82, 2.24) is 19.2 Å². The summed E-state index contributed by atoms with van der Waals surface area (Å²) in [4.78, 5) is 4.24. The molecule has 3 rings (SSSR count). The molecule has 2 aromatic heterocycles. The molecule has 0 aliphatic rings. The first kappa shape index (κ1) is 13.2. The van der Waals surface area contributed by atoms with Gasteiger partial charge in [-0.25, -0.2) is 0 Å². The molecule has 4 nitrogen and oxygen atoms in total. The minimum atomic E-state index is -0.535. The van der Waals surface area contributed by atoms with Crippen LogP contribution in [0.25, 0.3) is 11.5 Å². The molecule has 2 heterocycles. The van der Waals surface area contributed by atoms with E-state index in [1.807, 2.05) is 19.1 Å². The van der Waals surface area contributed by atoms with Gasteiger partial charge >= 0.3 is 0 Å². The molecule has 0 bridgehead atoms. The Morgan fingerprint density at radius 2 is 2.00 bits per heavy atom. The highest BCUT2D eigenvalue weighted by Crippen LogP contribution is 2.21. The molecule has 0 radical (unpaired) electrons. The summed E-state index contributed by atoms with van der Waals surface area (Å²) >= 11 is 11.3. The summed E-state index contributed by atoms with van der Waals surface area (Å²) in [6, 6.07) is 6.71. The highest BCUT2D eigenvalue weighted by atomic mass is 35.5. The minimum Gasteiger partial charge on any atom is -0.269 e. The van der Waals surface area contributed by atoms with Crippen LogP contribution in [-0.2, 0) is 0 Å². The largest absolute Gasteiger partial charge is 0.269 e. The Hall–Kier alpha value is -1.79. The van der Waals surface area contributed by atoms with Crippen molar-refractivity contribution in [3.63, 3.8) is 0 Å². The minimum absolute atomic E-state index is 0.323. The maximum Gasteiger partial charge on any atom is 0.240 e. The summed E-state index contributed by atoms with van der Waals surface area (Å²) in [5, 5.41) is 4.68. The van der Waals surface area contributed by atoms with Crippen LogP contribution >= 0.6 is 23.8 Å². The van der Waals surface area contributed by atoms with Crippen LogP contribution in [0.5, 0.6) is 0 Å². The quantitative estimate of drug-likeness (QED) is 0.508. The highest BCUT2D eigenvalue weighted by Gasteiger charge is 2.12. The average Bonchev–Trinajstić information content (AvgIpc) is 2.75. The van der Waals surface area contributed by atoms with Crippen molar-refractivity contribution in [3.8, 4) is 5.69 Å². The van der Waals surface area contributed by atoms with E-state index in [-0.39, 0.29) is 0 Å². The predicted octanol–water partition coefficient (Wildman–Crippen LogP) is 3.66. The predicted molar refractivity (Wildman–Crippen MR) is 77.6 cm³/mol. The van der Waals surface area contributed by atoms with Crippen LogP contribution < -0.4 is 0 Å².